The molecule has 0 aromatic heterocycles. The highest BCUT2D eigenvalue weighted by Crippen LogP contribution is 2.20. The van der Waals surface area contributed by atoms with Gasteiger partial charge in [0.15, 0.2) is 0 Å². The van der Waals surface area contributed by atoms with Gasteiger partial charge in [-0.05, 0) is 42.3 Å². The second kappa shape index (κ2) is 7.44. The Morgan fingerprint density at radius 1 is 1.17 bits per heavy atom. The molecule has 2 aromatic rings. The third kappa shape index (κ3) is 5.06. The predicted molar refractivity (Wildman–Crippen MR) is 93.0 cm³/mol. The molecule has 2 rings (SSSR count). The largest absolute Gasteiger partial charge is 0.326 e. The lowest BCUT2D eigenvalue weighted by atomic mass is 10.1. The fourth-order valence-corrected chi connectivity index (χ4v) is 2.60. The third-order valence-electron chi connectivity index (χ3n) is 3.54. The van der Waals surface area contributed by atoms with Crippen LogP contribution < -0.4 is 9.62 Å². The van der Waals surface area contributed by atoms with Crippen LogP contribution in [0.5, 0.6) is 0 Å². The van der Waals surface area contributed by atoms with E-state index in [-0.39, 0.29) is 18.1 Å². The van der Waals surface area contributed by atoms with Crippen molar-refractivity contribution in [1.82, 2.24) is 0 Å². The Labute approximate surface area is 141 Å². The molecule has 2 aromatic carbocycles. The van der Waals surface area contributed by atoms with Crippen molar-refractivity contribution in [3.63, 3.8) is 0 Å². The number of nitrogens with zero attached hydrogens (tertiary/aromatic N) is 1. The average molecular weight is 350 g/mol. The number of rotatable bonds is 6. The molecular formula is C17H19FN2O3S. The number of hydrogen-bond donors (Lipinski definition) is 1. The Kier molecular flexibility index (Phi) is 5.56. The lowest BCUT2D eigenvalue weighted by Gasteiger charge is -2.17. The molecule has 0 heterocycles. The molecule has 0 aliphatic carbocycles. The van der Waals surface area contributed by atoms with E-state index in [4.69, 9.17) is 0 Å². The highest BCUT2D eigenvalue weighted by molar-refractivity contribution is 7.92. The van der Waals surface area contributed by atoms with E-state index in [0.29, 0.717) is 17.8 Å². The number of benzene rings is 2. The molecule has 5 nitrogen and oxygen atoms in total. The van der Waals surface area contributed by atoms with Crippen molar-refractivity contribution in [2.75, 3.05) is 22.9 Å². The smallest absolute Gasteiger partial charge is 0.231 e. The predicted octanol–water partition coefficient (Wildman–Crippen LogP) is 2.79. The van der Waals surface area contributed by atoms with Gasteiger partial charge < -0.3 is 5.32 Å². The molecule has 0 saturated carbocycles. The van der Waals surface area contributed by atoms with Gasteiger partial charge >= 0.3 is 0 Å². The molecule has 1 amide bonds. The number of carbonyl (C=O) groups is 1. The Bertz CT molecular complexity index is 820. The first-order valence-electron chi connectivity index (χ1n) is 7.34. The summed E-state index contributed by atoms with van der Waals surface area (Å²) in [4.78, 5) is 12.0. The molecule has 1 N–H and O–H groups in total. The molecular weight excluding hydrogens is 331 g/mol. The van der Waals surface area contributed by atoms with Crippen LogP contribution in [0.1, 0.15) is 12.0 Å². The van der Waals surface area contributed by atoms with Crippen molar-refractivity contribution in [2.24, 2.45) is 0 Å². The molecule has 0 unspecified atom stereocenters. The number of carbonyl (C=O) groups excluding carboxylic acids is 1. The van der Waals surface area contributed by atoms with Crippen LogP contribution >= 0.6 is 0 Å². The van der Waals surface area contributed by atoms with E-state index in [2.05, 4.69) is 5.32 Å². The molecule has 0 aliphatic heterocycles. The maximum Gasteiger partial charge on any atom is 0.231 e. The average Bonchev–Trinajstić information content (AvgIpc) is 2.53. The van der Waals surface area contributed by atoms with Crippen LogP contribution in [-0.2, 0) is 21.2 Å². The normalized spacial score (nSPS) is 11.1. The standard InChI is InChI=1S/C17H19FN2O3S/c1-20(24(2,22)23)16-5-3-4-15(12-16)19-17(21)11-8-13-6-9-14(18)10-7-13/h3-7,9-10,12H,8,11H2,1-2H3,(H,19,21). The van der Waals surface area contributed by atoms with Gasteiger partial charge in [-0.2, -0.15) is 0 Å². The summed E-state index contributed by atoms with van der Waals surface area (Å²) in [6.07, 6.45) is 1.85. The van der Waals surface area contributed by atoms with Crippen LogP contribution in [0.4, 0.5) is 15.8 Å². The van der Waals surface area contributed by atoms with Gasteiger partial charge in [0.2, 0.25) is 15.9 Å². The van der Waals surface area contributed by atoms with E-state index < -0.39 is 10.0 Å². The number of nitrogens with one attached hydrogen (secondary N) is 1. The van der Waals surface area contributed by atoms with Crippen molar-refractivity contribution in [1.29, 1.82) is 0 Å². The molecule has 0 saturated heterocycles. The Morgan fingerprint density at radius 3 is 2.46 bits per heavy atom. The quantitative estimate of drug-likeness (QED) is 0.871. The van der Waals surface area contributed by atoms with Crippen LogP contribution in [-0.4, -0.2) is 27.6 Å². The second-order valence-electron chi connectivity index (χ2n) is 5.46. The van der Waals surface area contributed by atoms with Gasteiger partial charge in [-0.25, -0.2) is 12.8 Å². The summed E-state index contributed by atoms with van der Waals surface area (Å²) in [6, 6.07) is 12.6. The number of halogens is 1. The van der Waals surface area contributed by atoms with Gasteiger partial charge in [-0.3, -0.25) is 9.10 Å². The molecule has 7 heteroatoms. The summed E-state index contributed by atoms with van der Waals surface area (Å²) >= 11 is 0. The molecule has 0 aliphatic rings. The molecule has 0 fully saturated rings. The second-order valence-corrected chi connectivity index (χ2v) is 7.47. The first kappa shape index (κ1) is 17.9. The van der Waals surface area contributed by atoms with E-state index in [1.54, 1.807) is 36.4 Å². The molecule has 128 valence electrons. The number of amides is 1. The molecule has 0 atom stereocenters. The fourth-order valence-electron chi connectivity index (χ4n) is 2.10. The number of hydrogen-bond acceptors (Lipinski definition) is 3. The summed E-state index contributed by atoms with van der Waals surface area (Å²) in [5.41, 5.74) is 1.86. The summed E-state index contributed by atoms with van der Waals surface area (Å²) in [5.74, 6) is -0.506. The van der Waals surface area contributed by atoms with Gasteiger partial charge in [-0.15, -0.1) is 0 Å². The lowest BCUT2D eigenvalue weighted by Crippen LogP contribution is -2.24. The van der Waals surface area contributed by atoms with E-state index in [9.17, 15) is 17.6 Å². The Morgan fingerprint density at radius 2 is 1.83 bits per heavy atom. The maximum absolute atomic E-state index is 12.8. The van der Waals surface area contributed by atoms with E-state index in [1.165, 1.54) is 19.2 Å². The minimum atomic E-state index is -3.36. The minimum Gasteiger partial charge on any atom is -0.326 e. The van der Waals surface area contributed by atoms with Gasteiger partial charge in [0.25, 0.3) is 0 Å². The Hall–Kier alpha value is -2.41. The van der Waals surface area contributed by atoms with E-state index in [1.807, 2.05) is 0 Å². The minimum absolute atomic E-state index is 0.196. The summed E-state index contributed by atoms with van der Waals surface area (Å²) in [7, 11) is -1.91. The van der Waals surface area contributed by atoms with Crippen molar-refractivity contribution in [2.45, 2.75) is 12.8 Å². The first-order chi connectivity index (χ1) is 11.3. The van der Waals surface area contributed by atoms with Crippen LogP contribution in [0.3, 0.4) is 0 Å². The van der Waals surface area contributed by atoms with Crippen LogP contribution in [0, 0.1) is 5.82 Å². The van der Waals surface area contributed by atoms with Gasteiger partial charge in [-0.1, -0.05) is 18.2 Å². The zero-order chi connectivity index (χ0) is 17.7. The van der Waals surface area contributed by atoms with E-state index in [0.717, 1.165) is 16.1 Å². The lowest BCUT2D eigenvalue weighted by molar-refractivity contribution is -0.116. The maximum atomic E-state index is 12.8. The first-order valence-corrected chi connectivity index (χ1v) is 9.19. The zero-order valence-corrected chi connectivity index (χ0v) is 14.3. The fraction of sp³-hybridized carbons (Fsp3) is 0.235. The van der Waals surface area contributed by atoms with Crippen LogP contribution in [0.25, 0.3) is 0 Å². The van der Waals surface area contributed by atoms with E-state index >= 15 is 0 Å². The Balaban J connectivity index is 1.98. The van der Waals surface area contributed by atoms with Gasteiger partial charge in [0, 0.05) is 19.2 Å². The van der Waals surface area contributed by atoms with Gasteiger partial charge in [0.05, 0.1) is 11.9 Å². The SMILES string of the molecule is CN(c1cccc(NC(=O)CCc2ccc(F)cc2)c1)S(C)(=O)=O. The molecule has 0 radical (unpaired) electrons. The summed E-state index contributed by atoms with van der Waals surface area (Å²) in [5, 5.41) is 2.74. The number of aryl methyl sites for hydroxylation is 1. The monoisotopic (exact) mass is 350 g/mol. The summed E-state index contributed by atoms with van der Waals surface area (Å²) in [6.45, 7) is 0. The van der Waals surface area contributed by atoms with Gasteiger partial charge in [0.1, 0.15) is 5.82 Å². The highest BCUT2D eigenvalue weighted by atomic mass is 32.2. The zero-order valence-electron chi connectivity index (χ0n) is 13.5. The van der Waals surface area contributed by atoms with Crippen LogP contribution in [0.15, 0.2) is 48.5 Å². The van der Waals surface area contributed by atoms with Crippen molar-refractivity contribution in [3.8, 4) is 0 Å². The topological polar surface area (TPSA) is 66.5 Å². The molecule has 0 bridgehead atoms. The third-order valence-corrected chi connectivity index (χ3v) is 4.75. The van der Waals surface area contributed by atoms with Crippen LogP contribution in [0.2, 0.25) is 0 Å². The molecule has 0 spiro atoms. The highest BCUT2D eigenvalue weighted by Gasteiger charge is 2.12. The number of anilines is 2. The van der Waals surface area contributed by atoms with Crippen molar-refractivity contribution < 1.29 is 17.6 Å². The van der Waals surface area contributed by atoms with Crippen molar-refractivity contribution in [3.05, 3.63) is 59.9 Å². The van der Waals surface area contributed by atoms with Crippen molar-refractivity contribution >= 4 is 27.3 Å². The number of sulfonamides is 1. The summed E-state index contributed by atoms with van der Waals surface area (Å²) < 4.78 is 37.1. The molecule has 24 heavy (non-hydrogen) atoms.